The van der Waals surface area contributed by atoms with E-state index in [1.807, 2.05) is 12.1 Å². The molecule has 0 spiro atoms. The lowest BCUT2D eigenvalue weighted by molar-refractivity contribution is -0.134. The number of allylic oxidation sites excluding steroid dienone is 4. The summed E-state index contributed by atoms with van der Waals surface area (Å²) in [6.07, 6.45) is 5.58. The Hall–Kier alpha value is -2.09. The number of carbonyl (C=O) groups is 1. The van der Waals surface area contributed by atoms with Crippen LogP contribution in [0.1, 0.15) is 25.3 Å². The van der Waals surface area contributed by atoms with Gasteiger partial charge in [0.05, 0.1) is 7.11 Å². The fourth-order valence-corrected chi connectivity index (χ4v) is 3.80. The highest BCUT2D eigenvalue weighted by Crippen LogP contribution is 2.62. The van der Waals surface area contributed by atoms with Crippen molar-refractivity contribution in [1.29, 1.82) is 0 Å². The molecule has 3 rings (SSSR count). The van der Waals surface area contributed by atoms with Crippen LogP contribution in [0, 0.1) is 11.3 Å². The van der Waals surface area contributed by atoms with E-state index < -0.39 is 0 Å². The van der Waals surface area contributed by atoms with Crippen molar-refractivity contribution >= 4 is 11.5 Å². The summed E-state index contributed by atoms with van der Waals surface area (Å²) in [4.78, 5) is 11.4. The number of methoxy groups -OCH3 is 1. The van der Waals surface area contributed by atoms with Crippen LogP contribution < -0.4 is 0 Å². The van der Waals surface area contributed by atoms with Crippen LogP contribution >= 0.6 is 0 Å². The molecule has 1 aromatic rings. The van der Waals surface area contributed by atoms with E-state index in [4.69, 9.17) is 4.74 Å². The molecule has 1 saturated carbocycles. The number of esters is 1. The third kappa shape index (κ3) is 2.25. The van der Waals surface area contributed by atoms with Gasteiger partial charge < -0.3 is 4.74 Å². The Morgan fingerprint density at radius 3 is 2.76 bits per heavy atom. The molecule has 0 radical (unpaired) electrons. The molecule has 108 valence electrons. The maximum absolute atomic E-state index is 11.4. The molecule has 0 heterocycles. The first-order valence-electron chi connectivity index (χ1n) is 7.29. The van der Waals surface area contributed by atoms with Crippen LogP contribution in [0.4, 0.5) is 0 Å². The van der Waals surface area contributed by atoms with E-state index in [1.165, 1.54) is 35.5 Å². The molecule has 0 N–H and O–H groups in total. The Morgan fingerprint density at radius 1 is 1.38 bits per heavy atom. The van der Waals surface area contributed by atoms with Crippen molar-refractivity contribution in [3.63, 3.8) is 0 Å². The molecule has 1 aromatic carbocycles. The molecule has 2 aliphatic carbocycles. The normalized spacial score (nSPS) is 27.7. The Labute approximate surface area is 125 Å². The monoisotopic (exact) mass is 280 g/mol. The molecule has 21 heavy (non-hydrogen) atoms. The van der Waals surface area contributed by atoms with Crippen LogP contribution in [0.15, 0.2) is 60.2 Å². The van der Waals surface area contributed by atoms with Crippen molar-refractivity contribution in [3.8, 4) is 0 Å². The lowest BCUT2D eigenvalue weighted by atomic mass is 9.77. The molecule has 0 aromatic heterocycles. The van der Waals surface area contributed by atoms with E-state index in [9.17, 15) is 4.79 Å². The molecule has 2 aliphatic rings. The van der Waals surface area contributed by atoms with Gasteiger partial charge >= 0.3 is 5.97 Å². The van der Waals surface area contributed by atoms with E-state index in [0.717, 1.165) is 12.8 Å². The molecule has 2 unspecified atom stereocenters. The average Bonchev–Trinajstić information content (AvgIpc) is 2.94. The molecule has 2 heteroatoms. The van der Waals surface area contributed by atoms with Crippen LogP contribution in [-0.2, 0) is 9.53 Å². The lowest BCUT2D eigenvalue weighted by Crippen LogP contribution is -2.13. The van der Waals surface area contributed by atoms with Crippen molar-refractivity contribution in [2.75, 3.05) is 7.11 Å². The van der Waals surface area contributed by atoms with Crippen molar-refractivity contribution in [2.24, 2.45) is 11.3 Å². The summed E-state index contributed by atoms with van der Waals surface area (Å²) < 4.78 is 4.72. The number of fused-ring (bicyclic) bond motifs is 2. The van der Waals surface area contributed by atoms with E-state index in [-0.39, 0.29) is 11.4 Å². The molecule has 0 aliphatic heterocycles. The van der Waals surface area contributed by atoms with Crippen molar-refractivity contribution in [1.82, 2.24) is 0 Å². The van der Waals surface area contributed by atoms with Crippen LogP contribution in [0.25, 0.3) is 5.57 Å². The Bertz CT molecular complexity index is 651. The highest BCUT2D eigenvalue weighted by molar-refractivity contribution is 5.86. The second kappa shape index (κ2) is 5.03. The highest BCUT2D eigenvalue weighted by atomic mass is 16.5. The van der Waals surface area contributed by atoms with E-state index in [1.54, 1.807) is 0 Å². The molecular formula is C19H20O2. The zero-order valence-electron chi connectivity index (χ0n) is 12.6. The lowest BCUT2D eigenvalue weighted by Gasteiger charge is -2.27. The standard InChI is InChI=1S/C19H20O2/c1-13-11-19(2)12-15(13)18(14-7-5-4-6-8-14)16(19)9-10-17(20)21-3/h4-10,15H,1,11-12H2,2-3H3/b10-9+. The first-order chi connectivity index (χ1) is 10.0. The Balaban J connectivity index is 2.11. The molecule has 2 atom stereocenters. The number of hydrogen-bond acceptors (Lipinski definition) is 2. The minimum Gasteiger partial charge on any atom is -0.466 e. The van der Waals surface area contributed by atoms with Crippen LogP contribution in [0.2, 0.25) is 0 Å². The average molecular weight is 280 g/mol. The number of rotatable bonds is 3. The van der Waals surface area contributed by atoms with Gasteiger partial charge in [0.25, 0.3) is 0 Å². The van der Waals surface area contributed by atoms with E-state index in [0.29, 0.717) is 5.92 Å². The SMILES string of the molecule is C=C1CC2(C)CC1C(c1ccccc1)=C2/C=C/C(=O)OC. The summed E-state index contributed by atoms with van der Waals surface area (Å²) in [5.41, 5.74) is 5.23. The van der Waals surface area contributed by atoms with Gasteiger partial charge in [0, 0.05) is 12.0 Å². The van der Waals surface area contributed by atoms with Gasteiger partial charge in [-0.25, -0.2) is 4.79 Å². The number of ether oxygens (including phenoxy) is 1. The summed E-state index contributed by atoms with van der Waals surface area (Å²) in [5.74, 6) is 0.106. The minimum atomic E-state index is -0.305. The zero-order chi connectivity index (χ0) is 15.0. The molecule has 2 nitrogen and oxygen atoms in total. The summed E-state index contributed by atoms with van der Waals surface area (Å²) in [6, 6.07) is 10.4. The minimum absolute atomic E-state index is 0.0947. The summed E-state index contributed by atoms with van der Waals surface area (Å²) in [5, 5.41) is 0. The van der Waals surface area contributed by atoms with E-state index >= 15 is 0 Å². The first-order valence-corrected chi connectivity index (χ1v) is 7.29. The van der Waals surface area contributed by atoms with Crippen LogP contribution in [0.5, 0.6) is 0 Å². The molecule has 2 bridgehead atoms. The van der Waals surface area contributed by atoms with Crippen molar-refractivity contribution < 1.29 is 9.53 Å². The summed E-state index contributed by atoms with van der Waals surface area (Å²) in [6.45, 7) is 6.52. The smallest absolute Gasteiger partial charge is 0.330 e. The number of carbonyl (C=O) groups excluding carboxylic acids is 1. The maximum atomic E-state index is 11.4. The Morgan fingerprint density at radius 2 is 2.10 bits per heavy atom. The predicted octanol–water partition coefficient (Wildman–Crippen LogP) is 4.16. The fraction of sp³-hybridized carbons (Fsp3) is 0.316. The van der Waals surface area contributed by atoms with E-state index in [2.05, 4.69) is 37.8 Å². The van der Waals surface area contributed by atoms with Crippen molar-refractivity contribution in [3.05, 3.63) is 65.8 Å². The first kappa shape index (κ1) is 13.9. The van der Waals surface area contributed by atoms with Gasteiger partial charge in [-0.2, -0.15) is 0 Å². The van der Waals surface area contributed by atoms with Crippen LogP contribution in [0.3, 0.4) is 0 Å². The van der Waals surface area contributed by atoms with Crippen LogP contribution in [-0.4, -0.2) is 13.1 Å². The van der Waals surface area contributed by atoms with Gasteiger partial charge in [-0.05, 0) is 35.0 Å². The maximum Gasteiger partial charge on any atom is 0.330 e. The largest absolute Gasteiger partial charge is 0.466 e. The molecular weight excluding hydrogens is 260 g/mol. The third-order valence-electron chi connectivity index (χ3n) is 4.73. The van der Waals surface area contributed by atoms with Gasteiger partial charge in [0.2, 0.25) is 0 Å². The predicted molar refractivity (Wildman–Crippen MR) is 84.5 cm³/mol. The van der Waals surface area contributed by atoms with Gasteiger partial charge in [-0.1, -0.05) is 55.5 Å². The highest BCUT2D eigenvalue weighted by Gasteiger charge is 2.48. The second-order valence-electron chi connectivity index (χ2n) is 6.20. The molecule has 1 fully saturated rings. The van der Waals surface area contributed by atoms with Gasteiger partial charge in [0.1, 0.15) is 0 Å². The zero-order valence-corrected chi connectivity index (χ0v) is 12.6. The van der Waals surface area contributed by atoms with Gasteiger partial charge in [-0.3, -0.25) is 0 Å². The van der Waals surface area contributed by atoms with Crippen molar-refractivity contribution in [2.45, 2.75) is 19.8 Å². The number of hydrogen-bond donors (Lipinski definition) is 0. The number of benzene rings is 1. The summed E-state index contributed by atoms with van der Waals surface area (Å²) in [7, 11) is 1.41. The molecule has 0 saturated heterocycles. The quantitative estimate of drug-likeness (QED) is 0.472. The Kier molecular flexibility index (Phi) is 3.32. The van der Waals surface area contributed by atoms with Gasteiger partial charge in [-0.15, -0.1) is 0 Å². The topological polar surface area (TPSA) is 26.3 Å². The third-order valence-corrected chi connectivity index (χ3v) is 4.73. The summed E-state index contributed by atoms with van der Waals surface area (Å²) >= 11 is 0. The molecule has 0 amide bonds. The van der Waals surface area contributed by atoms with Gasteiger partial charge in [0.15, 0.2) is 0 Å². The fourth-order valence-electron chi connectivity index (χ4n) is 3.80. The second-order valence-corrected chi connectivity index (χ2v) is 6.20.